The predicted molar refractivity (Wildman–Crippen MR) is 109 cm³/mol. The minimum atomic E-state index is 0.218. The Morgan fingerprint density at radius 1 is 1.04 bits per heavy atom. The molecule has 0 amide bonds. The smallest absolute Gasteiger partial charge is 0.186 e. The molecule has 2 heterocycles. The molecule has 4 aliphatic rings. The van der Waals surface area contributed by atoms with Gasteiger partial charge in [-0.05, 0) is 80.1 Å². The summed E-state index contributed by atoms with van der Waals surface area (Å²) >= 11 is 7.68. The van der Waals surface area contributed by atoms with Gasteiger partial charge in [0.15, 0.2) is 5.82 Å². The SMILES string of the molecule is Clc1cccc(C=Cc2nn3c(C45CC6CC(CC(C6)C4)C5)nnc3s2)c1. The van der Waals surface area contributed by atoms with Crippen molar-refractivity contribution in [2.45, 2.75) is 43.9 Å². The molecule has 2 aromatic heterocycles. The van der Waals surface area contributed by atoms with E-state index in [0.717, 1.165) is 44.1 Å². The lowest BCUT2D eigenvalue weighted by molar-refractivity contribution is -0.0103. The molecule has 0 saturated heterocycles. The van der Waals surface area contributed by atoms with Gasteiger partial charge in [-0.1, -0.05) is 41.1 Å². The number of halogens is 1. The third-order valence-corrected chi connectivity index (χ3v) is 7.89. The molecular weight excluding hydrogens is 376 g/mol. The molecule has 0 unspecified atom stereocenters. The predicted octanol–water partition coefficient (Wildman–Crippen LogP) is 5.48. The molecule has 0 N–H and O–H groups in total. The molecule has 4 nitrogen and oxygen atoms in total. The van der Waals surface area contributed by atoms with Gasteiger partial charge in [0.25, 0.3) is 0 Å². The van der Waals surface area contributed by atoms with Gasteiger partial charge in [0, 0.05) is 10.4 Å². The number of hydrogen-bond donors (Lipinski definition) is 0. The molecule has 7 rings (SSSR count). The minimum Gasteiger partial charge on any atom is -0.186 e. The van der Waals surface area contributed by atoms with E-state index in [9.17, 15) is 0 Å². The van der Waals surface area contributed by atoms with Crippen molar-refractivity contribution < 1.29 is 0 Å². The van der Waals surface area contributed by atoms with Crippen LogP contribution in [0.5, 0.6) is 0 Å². The Balaban J connectivity index is 1.35. The highest BCUT2D eigenvalue weighted by atomic mass is 35.5. The van der Waals surface area contributed by atoms with E-state index in [-0.39, 0.29) is 5.41 Å². The van der Waals surface area contributed by atoms with Gasteiger partial charge in [0.1, 0.15) is 5.01 Å². The molecule has 6 heteroatoms. The van der Waals surface area contributed by atoms with E-state index >= 15 is 0 Å². The zero-order chi connectivity index (χ0) is 18.0. The van der Waals surface area contributed by atoms with Crippen LogP contribution < -0.4 is 0 Å². The third-order valence-electron chi connectivity index (χ3n) is 6.79. The van der Waals surface area contributed by atoms with Crippen molar-refractivity contribution in [2.75, 3.05) is 0 Å². The van der Waals surface area contributed by atoms with Gasteiger partial charge >= 0.3 is 0 Å². The molecule has 0 aliphatic heterocycles. The maximum atomic E-state index is 6.07. The fraction of sp³-hybridized carbons (Fsp3) is 0.476. The number of nitrogens with zero attached hydrogens (tertiary/aromatic N) is 4. The Morgan fingerprint density at radius 2 is 1.78 bits per heavy atom. The third kappa shape index (κ3) is 2.66. The molecule has 4 saturated carbocycles. The van der Waals surface area contributed by atoms with Crippen LogP contribution in [-0.2, 0) is 5.41 Å². The van der Waals surface area contributed by atoms with Gasteiger partial charge in [0.2, 0.25) is 4.96 Å². The van der Waals surface area contributed by atoms with Crippen LogP contribution in [0.4, 0.5) is 0 Å². The molecule has 4 bridgehead atoms. The fourth-order valence-electron chi connectivity index (χ4n) is 6.19. The van der Waals surface area contributed by atoms with E-state index in [1.165, 1.54) is 38.5 Å². The molecule has 0 atom stereocenters. The van der Waals surface area contributed by atoms with Crippen LogP contribution in [0.1, 0.15) is 54.9 Å². The summed E-state index contributed by atoms with van der Waals surface area (Å²) in [5, 5.41) is 15.7. The van der Waals surface area contributed by atoms with E-state index in [4.69, 9.17) is 16.7 Å². The molecule has 1 aromatic carbocycles. The van der Waals surface area contributed by atoms with Crippen molar-refractivity contribution in [3.05, 3.63) is 45.7 Å². The Bertz CT molecular complexity index is 1010. The summed E-state index contributed by atoms with van der Waals surface area (Å²) in [5.74, 6) is 3.80. The maximum absolute atomic E-state index is 6.07. The number of hydrogen-bond acceptors (Lipinski definition) is 4. The zero-order valence-electron chi connectivity index (χ0n) is 15.0. The van der Waals surface area contributed by atoms with Crippen molar-refractivity contribution in [1.82, 2.24) is 19.8 Å². The molecule has 27 heavy (non-hydrogen) atoms. The highest BCUT2D eigenvalue weighted by molar-refractivity contribution is 7.17. The van der Waals surface area contributed by atoms with Crippen LogP contribution >= 0.6 is 22.9 Å². The second-order valence-electron chi connectivity index (χ2n) is 8.74. The van der Waals surface area contributed by atoms with Gasteiger partial charge in [-0.3, -0.25) is 0 Å². The summed E-state index contributed by atoms with van der Waals surface area (Å²) < 4.78 is 2.04. The van der Waals surface area contributed by atoms with Crippen LogP contribution in [0.2, 0.25) is 5.02 Å². The van der Waals surface area contributed by atoms with Gasteiger partial charge < -0.3 is 0 Å². The van der Waals surface area contributed by atoms with Crippen molar-refractivity contribution in [3.63, 3.8) is 0 Å². The van der Waals surface area contributed by atoms with E-state index < -0.39 is 0 Å². The maximum Gasteiger partial charge on any atom is 0.234 e. The fourth-order valence-corrected chi connectivity index (χ4v) is 7.13. The Hall–Kier alpha value is -1.72. The topological polar surface area (TPSA) is 43.1 Å². The van der Waals surface area contributed by atoms with E-state index in [1.54, 1.807) is 11.3 Å². The first-order valence-corrected chi connectivity index (χ1v) is 11.0. The monoisotopic (exact) mass is 396 g/mol. The summed E-state index contributed by atoms with van der Waals surface area (Å²) in [6.07, 6.45) is 12.3. The summed E-state index contributed by atoms with van der Waals surface area (Å²) in [4.78, 5) is 0.909. The summed E-state index contributed by atoms with van der Waals surface area (Å²) in [5.41, 5.74) is 1.30. The molecule has 4 aliphatic carbocycles. The van der Waals surface area contributed by atoms with E-state index in [2.05, 4.69) is 22.3 Å². The van der Waals surface area contributed by atoms with Crippen LogP contribution in [0, 0.1) is 17.8 Å². The molecule has 138 valence electrons. The van der Waals surface area contributed by atoms with Gasteiger partial charge in [-0.15, -0.1) is 10.2 Å². The Kier molecular flexibility index (Phi) is 3.54. The number of benzene rings is 1. The standard InChI is InChI=1S/C21H21ClN4S/c22-17-3-1-2-13(9-17)4-5-18-25-26-19(23-24-20(26)27-18)21-10-14-6-15(11-21)8-16(7-14)12-21/h1-5,9,14-16H,6-8,10-12H2. The summed E-state index contributed by atoms with van der Waals surface area (Å²) in [7, 11) is 0. The minimum absolute atomic E-state index is 0.218. The second-order valence-corrected chi connectivity index (χ2v) is 10.2. The molecule has 3 aromatic rings. The first kappa shape index (κ1) is 16.3. The van der Waals surface area contributed by atoms with E-state index in [0.29, 0.717) is 0 Å². The van der Waals surface area contributed by atoms with Gasteiger partial charge in [-0.2, -0.15) is 9.61 Å². The average molecular weight is 397 g/mol. The number of fused-ring (bicyclic) bond motifs is 1. The lowest BCUT2D eigenvalue weighted by atomic mass is 9.49. The first-order chi connectivity index (χ1) is 13.2. The average Bonchev–Trinajstić information content (AvgIpc) is 3.19. The highest BCUT2D eigenvalue weighted by Crippen LogP contribution is 2.60. The highest BCUT2D eigenvalue weighted by Gasteiger charge is 2.54. The van der Waals surface area contributed by atoms with Crippen molar-refractivity contribution >= 4 is 40.1 Å². The molecule has 0 spiro atoms. The zero-order valence-corrected chi connectivity index (χ0v) is 16.6. The molecule has 0 radical (unpaired) electrons. The van der Waals surface area contributed by atoms with Crippen LogP contribution in [-0.4, -0.2) is 19.8 Å². The lowest BCUT2D eigenvalue weighted by Gasteiger charge is -2.55. The number of rotatable bonds is 3. The van der Waals surface area contributed by atoms with Crippen molar-refractivity contribution in [1.29, 1.82) is 0 Å². The van der Waals surface area contributed by atoms with Gasteiger partial charge in [0.05, 0.1) is 0 Å². The van der Waals surface area contributed by atoms with Gasteiger partial charge in [-0.25, -0.2) is 0 Å². The van der Waals surface area contributed by atoms with Crippen molar-refractivity contribution in [2.24, 2.45) is 17.8 Å². The Morgan fingerprint density at radius 3 is 2.48 bits per heavy atom. The van der Waals surface area contributed by atoms with E-state index in [1.807, 2.05) is 28.8 Å². The largest absolute Gasteiger partial charge is 0.234 e. The van der Waals surface area contributed by atoms with Crippen LogP contribution in [0.15, 0.2) is 24.3 Å². The summed E-state index contributed by atoms with van der Waals surface area (Å²) in [6, 6.07) is 7.86. The molecular formula is C21H21ClN4S. The molecule has 4 fully saturated rings. The Labute approximate surface area is 167 Å². The van der Waals surface area contributed by atoms with Crippen LogP contribution in [0.3, 0.4) is 0 Å². The van der Waals surface area contributed by atoms with Crippen LogP contribution in [0.25, 0.3) is 17.1 Å². The quantitative estimate of drug-likeness (QED) is 0.588. The number of aromatic nitrogens is 4. The lowest BCUT2D eigenvalue weighted by Crippen LogP contribution is -2.49. The normalized spacial score (nSPS) is 32.1. The summed E-state index contributed by atoms with van der Waals surface area (Å²) in [6.45, 7) is 0. The van der Waals surface area contributed by atoms with Crippen molar-refractivity contribution in [3.8, 4) is 0 Å². The first-order valence-electron chi connectivity index (χ1n) is 9.83. The second kappa shape index (κ2) is 5.89.